The number of nitrogens with zero attached hydrogens (tertiary/aromatic N) is 4. The minimum atomic E-state index is -0.530. The predicted molar refractivity (Wildman–Crippen MR) is 119 cm³/mol. The average molecular weight is 441 g/mol. The van der Waals surface area contributed by atoms with E-state index in [0.29, 0.717) is 27.4 Å². The molecule has 152 valence electrons. The Kier molecular flexibility index (Phi) is 5.31. The largest absolute Gasteiger partial charge is 0.457 e. The summed E-state index contributed by atoms with van der Waals surface area (Å²) in [7, 11) is 0. The van der Waals surface area contributed by atoms with Crippen LogP contribution in [0.3, 0.4) is 0 Å². The van der Waals surface area contributed by atoms with Crippen molar-refractivity contribution in [1.82, 2.24) is 4.90 Å². The molecule has 0 saturated carbocycles. The lowest BCUT2D eigenvalue weighted by atomic mass is 10.1. The van der Waals surface area contributed by atoms with E-state index >= 15 is 0 Å². The summed E-state index contributed by atoms with van der Waals surface area (Å²) >= 11 is 2.57. The second-order valence-electron chi connectivity index (χ2n) is 6.58. The van der Waals surface area contributed by atoms with Crippen LogP contribution in [-0.4, -0.2) is 37.2 Å². The third kappa shape index (κ3) is 3.81. The van der Waals surface area contributed by atoms with Crippen LogP contribution in [0.5, 0.6) is 0 Å². The van der Waals surface area contributed by atoms with Crippen LogP contribution in [0, 0.1) is 15.5 Å². The highest BCUT2D eigenvalue weighted by molar-refractivity contribution is 8.19. The van der Waals surface area contributed by atoms with Gasteiger partial charge in [0.1, 0.15) is 17.4 Å². The lowest BCUT2D eigenvalue weighted by Crippen LogP contribution is -2.41. The van der Waals surface area contributed by atoms with E-state index in [0.717, 1.165) is 11.9 Å². The normalized spacial score (nSPS) is 17.4. The lowest BCUT2D eigenvalue weighted by Gasteiger charge is -2.24. The Morgan fingerprint density at radius 1 is 1.27 bits per heavy atom. The van der Waals surface area contributed by atoms with Gasteiger partial charge in [-0.3, -0.25) is 20.3 Å². The number of hydrogen-bond donors (Lipinski definition) is 1. The monoisotopic (exact) mass is 441 g/mol. The molecule has 9 nitrogen and oxygen atoms in total. The summed E-state index contributed by atoms with van der Waals surface area (Å²) in [6.45, 7) is 4.04. The van der Waals surface area contributed by atoms with Gasteiger partial charge in [-0.05, 0) is 30.3 Å². The number of rotatable bonds is 4. The van der Waals surface area contributed by atoms with Gasteiger partial charge in [-0.1, -0.05) is 25.6 Å². The van der Waals surface area contributed by atoms with E-state index in [9.17, 15) is 14.9 Å². The fourth-order valence-corrected chi connectivity index (χ4v) is 4.44. The highest BCUT2D eigenvalue weighted by Crippen LogP contribution is 2.33. The molecule has 1 aromatic heterocycles. The fourth-order valence-electron chi connectivity index (χ4n) is 2.76. The molecule has 2 aliphatic rings. The zero-order chi connectivity index (χ0) is 21.4. The van der Waals surface area contributed by atoms with Crippen molar-refractivity contribution in [3.63, 3.8) is 0 Å². The van der Waals surface area contributed by atoms with Gasteiger partial charge in [0.25, 0.3) is 11.6 Å². The first-order valence-corrected chi connectivity index (χ1v) is 10.5. The molecule has 2 aliphatic heterocycles. The van der Waals surface area contributed by atoms with Crippen LogP contribution in [0.4, 0.5) is 5.69 Å². The number of furan rings is 1. The first-order valence-electron chi connectivity index (χ1n) is 8.83. The number of carbonyl (C=O) groups is 1. The van der Waals surface area contributed by atoms with Gasteiger partial charge in [0.05, 0.1) is 22.4 Å². The fraction of sp³-hybridized carbons (Fsp3) is 0.158. The number of amidine groups is 3. The molecule has 0 atom stereocenters. The first-order chi connectivity index (χ1) is 14.3. The van der Waals surface area contributed by atoms with Crippen molar-refractivity contribution in [3.05, 3.63) is 57.8 Å². The molecular formula is C19H15N5O4S2. The van der Waals surface area contributed by atoms with Gasteiger partial charge in [-0.25, -0.2) is 4.90 Å². The molecule has 11 heteroatoms. The van der Waals surface area contributed by atoms with E-state index < -0.39 is 10.8 Å². The van der Waals surface area contributed by atoms with Crippen LogP contribution >= 0.6 is 23.7 Å². The first kappa shape index (κ1) is 20.1. The van der Waals surface area contributed by atoms with E-state index in [1.54, 1.807) is 29.2 Å². The predicted octanol–water partition coefficient (Wildman–Crippen LogP) is 4.57. The second kappa shape index (κ2) is 7.92. The smallest absolute Gasteiger partial charge is 0.283 e. The number of nitrogens with one attached hydrogen (secondary N) is 1. The van der Waals surface area contributed by atoms with Crippen molar-refractivity contribution in [2.45, 2.75) is 19.1 Å². The maximum Gasteiger partial charge on any atom is 0.283 e. The molecule has 30 heavy (non-hydrogen) atoms. The zero-order valence-corrected chi connectivity index (χ0v) is 17.5. The molecule has 0 fully saturated rings. The van der Waals surface area contributed by atoms with Gasteiger partial charge in [-0.15, -0.1) is 0 Å². The van der Waals surface area contributed by atoms with E-state index in [1.807, 2.05) is 13.8 Å². The summed E-state index contributed by atoms with van der Waals surface area (Å²) in [5.74, 6) is 0.329. The minimum Gasteiger partial charge on any atom is -0.457 e. The number of aliphatic imine (C=N–C) groups is 1. The van der Waals surface area contributed by atoms with Crippen molar-refractivity contribution in [3.8, 4) is 11.3 Å². The molecule has 0 radical (unpaired) electrons. The molecular weight excluding hydrogens is 426 g/mol. The number of amides is 1. The molecule has 0 aliphatic carbocycles. The third-order valence-electron chi connectivity index (χ3n) is 4.11. The maximum absolute atomic E-state index is 12.5. The van der Waals surface area contributed by atoms with E-state index in [4.69, 9.17) is 9.83 Å². The number of non-ortho nitro benzene ring substituents is 1. The summed E-state index contributed by atoms with van der Waals surface area (Å²) in [6.07, 6.45) is 1.47. The summed E-state index contributed by atoms with van der Waals surface area (Å²) in [5.41, 5.74) is 0.750. The Morgan fingerprint density at radius 3 is 2.67 bits per heavy atom. The van der Waals surface area contributed by atoms with Gasteiger partial charge in [0.15, 0.2) is 5.17 Å². The molecule has 0 bridgehead atoms. The zero-order valence-electron chi connectivity index (χ0n) is 15.9. The van der Waals surface area contributed by atoms with Crippen LogP contribution in [0.15, 0.2) is 55.8 Å². The molecule has 1 aromatic carbocycles. The van der Waals surface area contributed by atoms with Crippen LogP contribution in [-0.2, 0) is 4.79 Å². The number of nitro groups is 1. The van der Waals surface area contributed by atoms with E-state index in [1.165, 1.54) is 30.0 Å². The standard InChI is InChI=1S/C19H15N5O4S2/c1-10(2)29-19-22-30-18-21-17(25)14(16(20)23(18)19)9-13-7-8-15(28-13)11-3-5-12(6-4-11)24(26)27/h3-10,20H,1-2H3/b14-9-,20-16?. The Balaban J connectivity index is 1.61. The SMILES string of the molecule is CC(C)SC1=NSC2=NC(=O)/C(=C\c3ccc(-c4ccc([N+](=O)[O-])cc4)o3)C(=N)N21. The van der Waals surface area contributed by atoms with Gasteiger partial charge in [0.2, 0.25) is 5.17 Å². The third-order valence-corrected chi connectivity index (χ3v) is 5.88. The molecule has 3 heterocycles. The minimum absolute atomic E-state index is 0.00446. The topological polar surface area (TPSA) is 125 Å². The van der Waals surface area contributed by atoms with Gasteiger partial charge in [0, 0.05) is 22.9 Å². The molecule has 0 unspecified atom stereocenters. The average Bonchev–Trinajstić information content (AvgIpc) is 3.32. The van der Waals surface area contributed by atoms with Crippen LogP contribution in [0.2, 0.25) is 0 Å². The molecule has 1 amide bonds. The summed E-state index contributed by atoms with van der Waals surface area (Å²) in [4.78, 5) is 28.4. The number of fused-ring (bicyclic) bond motifs is 1. The van der Waals surface area contributed by atoms with Crippen molar-refractivity contribution in [2.24, 2.45) is 9.39 Å². The molecule has 4 rings (SSSR count). The van der Waals surface area contributed by atoms with Crippen molar-refractivity contribution >= 4 is 57.6 Å². The summed E-state index contributed by atoms with van der Waals surface area (Å²) in [6, 6.07) is 9.33. The maximum atomic E-state index is 12.5. The highest BCUT2D eigenvalue weighted by Gasteiger charge is 2.38. The van der Waals surface area contributed by atoms with Crippen LogP contribution in [0.25, 0.3) is 17.4 Å². The molecule has 2 aromatic rings. The number of thioether (sulfide) groups is 1. The number of nitro benzene ring substituents is 1. The van der Waals surface area contributed by atoms with Gasteiger partial charge in [-0.2, -0.15) is 9.39 Å². The van der Waals surface area contributed by atoms with Crippen LogP contribution < -0.4 is 0 Å². The molecule has 1 N–H and O–H groups in total. The second-order valence-corrected chi connectivity index (χ2v) is 8.85. The summed E-state index contributed by atoms with van der Waals surface area (Å²) < 4.78 is 10.1. The van der Waals surface area contributed by atoms with E-state index in [2.05, 4.69) is 9.39 Å². The van der Waals surface area contributed by atoms with Crippen LogP contribution in [0.1, 0.15) is 19.6 Å². The van der Waals surface area contributed by atoms with Crippen molar-refractivity contribution in [2.75, 3.05) is 0 Å². The Bertz CT molecular complexity index is 1150. The highest BCUT2D eigenvalue weighted by atomic mass is 32.2. The van der Waals surface area contributed by atoms with Crippen molar-refractivity contribution < 1.29 is 14.1 Å². The number of hydrogen-bond acceptors (Lipinski definition) is 8. The molecule has 0 spiro atoms. The quantitative estimate of drug-likeness (QED) is 0.319. The van der Waals surface area contributed by atoms with Gasteiger partial charge < -0.3 is 4.42 Å². The lowest BCUT2D eigenvalue weighted by molar-refractivity contribution is -0.384. The Morgan fingerprint density at radius 2 is 2.00 bits per heavy atom. The Labute approximate surface area is 179 Å². The number of carbonyl (C=O) groups excluding carboxylic acids is 1. The number of benzene rings is 1. The van der Waals surface area contributed by atoms with Crippen molar-refractivity contribution in [1.29, 1.82) is 5.41 Å². The molecule has 0 saturated heterocycles. The Hall–Kier alpha value is -3.18. The van der Waals surface area contributed by atoms with E-state index in [-0.39, 0.29) is 22.3 Å². The van der Waals surface area contributed by atoms with Gasteiger partial charge >= 0.3 is 0 Å². The summed E-state index contributed by atoms with van der Waals surface area (Å²) in [5, 5.41) is 20.5.